The molecule has 5 heteroatoms. The van der Waals surface area contributed by atoms with E-state index in [1.165, 1.54) is 0 Å². The van der Waals surface area contributed by atoms with E-state index in [1.54, 1.807) is 12.3 Å². The molecule has 0 atom stereocenters. The maximum atomic E-state index is 5.61. The fourth-order valence-corrected chi connectivity index (χ4v) is 1.17. The normalized spacial score (nSPS) is 11.4. The zero-order valence-corrected chi connectivity index (χ0v) is 8.98. The predicted octanol–water partition coefficient (Wildman–Crippen LogP) is 0.0529. The lowest BCUT2D eigenvalue weighted by molar-refractivity contribution is 0.706. The summed E-state index contributed by atoms with van der Waals surface area (Å²) in [6, 6.07) is 1.98. The fourth-order valence-electron chi connectivity index (χ4n) is 1.17. The number of nitrogens with two attached hydrogens (primary N) is 1. The van der Waals surface area contributed by atoms with Crippen LogP contribution in [0.2, 0.25) is 0 Å². The molecular formula is C10H17N5. The summed E-state index contributed by atoms with van der Waals surface area (Å²) >= 11 is 0. The molecule has 3 N–H and O–H groups in total. The van der Waals surface area contributed by atoms with Gasteiger partial charge in [-0.15, -0.1) is 6.58 Å². The molecule has 0 fully saturated rings. The minimum atomic E-state index is 0.456. The Balaban J connectivity index is 2.32. The van der Waals surface area contributed by atoms with Crippen LogP contribution in [-0.2, 0) is 13.5 Å². The summed E-state index contributed by atoms with van der Waals surface area (Å²) < 4.78 is 1.84. The number of aliphatic imine (C=N–C) groups is 1. The van der Waals surface area contributed by atoms with Gasteiger partial charge in [-0.25, -0.2) is 0 Å². The average molecular weight is 207 g/mol. The zero-order chi connectivity index (χ0) is 11.1. The molecule has 0 saturated carbocycles. The van der Waals surface area contributed by atoms with Crippen molar-refractivity contribution in [1.82, 2.24) is 15.1 Å². The van der Waals surface area contributed by atoms with Crippen LogP contribution in [0.1, 0.15) is 5.69 Å². The minimum absolute atomic E-state index is 0.456. The van der Waals surface area contributed by atoms with Gasteiger partial charge in [-0.05, 0) is 6.07 Å². The van der Waals surface area contributed by atoms with E-state index in [0.29, 0.717) is 19.0 Å². The van der Waals surface area contributed by atoms with Crippen LogP contribution in [0, 0.1) is 0 Å². The largest absolute Gasteiger partial charge is 0.370 e. The van der Waals surface area contributed by atoms with Gasteiger partial charge in [0.2, 0.25) is 0 Å². The number of nitrogens with zero attached hydrogens (tertiary/aromatic N) is 3. The SMILES string of the molecule is C=CCNC(N)=NCCc1ccnn1C. The van der Waals surface area contributed by atoms with Crippen LogP contribution in [0.15, 0.2) is 29.9 Å². The van der Waals surface area contributed by atoms with Crippen LogP contribution in [-0.4, -0.2) is 28.8 Å². The van der Waals surface area contributed by atoms with E-state index in [9.17, 15) is 0 Å². The van der Waals surface area contributed by atoms with E-state index >= 15 is 0 Å². The first kappa shape index (κ1) is 11.3. The lowest BCUT2D eigenvalue weighted by atomic mass is 10.3. The Morgan fingerprint density at radius 1 is 1.80 bits per heavy atom. The van der Waals surface area contributed by atoms with Crippen LogP contribution in [0.4, 0.5) is 0 Å². The van der Waals surface area contributed by atoms with Crippen molar-refractivity contribution in [2.75, 3.05) is 13.1 Å². The Labute approximate surface area is 89.7 Å². The summed E-state index contributed by atoms with van der Waals surface area (Å²) in [6.07, 6.45) is 4.36. The van der Waals surface area contributed by atoms with Crippen LogP contribution in [0.3, 0.4) is 0 Å². The second-order valence-electron chi connectivity index (χ2n) is 3.13. The molecular weight excluding hydrogens is 190 g/mol. The Kier molecular flexibility index (Phi) is 4.40. The van der Waals surface area contributed by atoms with Crippen LogP contribution in [0.25, 0.3) is 0 Å². The number of hydrogen-bond donors (Lipinski definition) is 2. The fraction of sp³-hybridized carbons (Fsp3) is 0.400. The van der Waals surface area contributed by atoms with E-state index in [2.05, 4.69) is 22.0 Å². The molecule has 1 rings (SSSR count). The van der Waals surface area contributed by atoms with Crippen molar-refractivity contribution in [3.8, 4) is 0 Å². The standard InChI is InChI=1S/C10H17N5/c1-3-6-12-10(11)13-7-4-9-5-8-14-15(9)2/h3,5,8H,1,4,6-7H2,2H3,(H3,11,12,13). The molecule has 0 aromatic carbocycles. The van der Waals surface area contributed by atoms with E-state index in [1.807, 2.05) is 17.8 Å². The summed E-state index contributed by atoms with van der Waals surface area (Å²) in [6.45, 7) is 4.88. The van der Waals surface area contributed by atoms with Gasteiger partial charge in [0.25, 0.3) is 0 Å². The number of aromatic nitrogens is 2. The van der Waals surface area contributed by atoms with E-state index < -0.39 is 0 Å². The van der Waals surface area contributed by atoms with Crippen molar-refractivity contribution in [3.63, 3.8) is 0 Å². The summed E-state index contributed by atoms with van der Waals surface area (Å²) in [5.74, 6) is 0.456. The first-order chi connectivity index (χ1) is 7.24. The lowest BCUT2D eigenvalue weighted by Gasteiger charge is -2.02. The maximum absolute atomic E-state index is 5.61. The summed E-state index contributed by atoms with van der Waals surface area (Å²) in [5, 5.41) is 6.99. The Morgan fingerprint density at radius 2 is 2.60 bits per heavy atom. The van der Waals surface area contributed by atoms with Gasteiger partial charge in [0, 0.05) is 38.4 Å². The number of hydrogen-bond acceptors (Lipinski definition) is 2. The molecule has 0 aliphatic heterocycles. The third-order valence-electron chi connectivity index (χ3n) is 2.00. The molecule has 0 unspecified atom stereocenters. The number of nitrogens with one attached hydrogen (secondary N) is 1. The smallest absolute Gasteiger partial charge is 0.188 e. The number of guanidine groups is 1. The Bertz CT molecular complexity index is 339. The van der Waals surface area contributed by atoms with Gasteiger partial charge in [-0.1, -0.05) is 6.08 Å². The molecule has 5 nitrogen and oxygen atoms in total. The van der Waals surface area contributed by atoms with Crippen molar-refractivity contribution in [2.24, 2.45) is 17.8 Å². The molecule has 1 aromatic rings. The van der Waals surface area contributed by atoms with E-state index in [0.717, 1.165) is 12.1 Å². The summed E-state index contributed by atoms with van der Waals surface area (Å²) in [7, 11) is 1.92. The van der Waals surface area contributed by atoms with Gasteiger partial charge in [-0.2, -0.15) is 5.10 Å². The van der Waals surface area contributed by atoms with Gasteiger partial charge in [0.1, 0.15) is 0 Å². The Hall–Kier alpha value is -1.78. The topological polar surface area (TPSA) is 68.2 Å². The molecule has 0 amide bonds. The highest BCUT2D eigenvalue weighted by atomic mass is 15.3. The van der Waals surface area contributed by atoms with Crippen molar-refractivity contribution in [3.05, 3.63) is 30.6 Å². The van der Waals surface area contributed by atoms with E-state index in [4.69, 9.17) is 5.73 Å². The highest BCUT2D eigenvalue weighted by molar-refractivity contribution is 5.77. The predicted molar refractivity (Wildman–Crippen MR) is 61.6 cm³/mol. The Morgan fingerprint density at radius 3 is 3.20 bits per heavy atom. The van der Waals surface area contributed by atoms with Crippen molar-refractivity contribution < 1.29 is 0 Å². The van der Waals surface area contributed by atoms with Crippen molar-refractivity contribution >= 4 is 5.96 Å². The molecule has 0 spiro atoms. The number of rotatable bonds is 5. The average Bonchev–Trinajstić information content (AvgIpc) is 2.61. The van der Waals surface area contributed by atoms with Crippen molar-refractivity contribution in [2.45, 2.75) is 6.42 Å². The first-order valence-corrected chi connectivity index (χ1v) is 4.85. The monoisotopic (exact) mass is 207 g/mol. The first-order valence-electron chi connectivity index (χ1n) is 4.85. The third-order valence-corrected chi connectivity index (χ3v) is 2.00. The van der Waals surface area contributed by atoms with Gasteiger partial charge < -0.3 is 11.1 Å². The summed E-state index contributed by atoms with van der Waals surface area (Å²) in [4.78, 5) is 4.17. The molecule has 15 heavy (non-hydrogen) atoms. The highest BCUT2D eigenvalue weighted by Gasteiger charge is 1.96. The molecule has 82 valence electrons. The second kappa shape index (κ2) is 5.85. The molecule has 0 aliphatic rings. The molecule has 0 aliphatic carbocycles. The molecule has 0 bridgehead atoms. The minimum Gasteiger partial charge on any atom is -0.370 e. The van der Waals surface area contributed by atoms with Gasteiger partial charge in [0.05, 0.1) is 0 Å². The van der Waals surface area contributed by atoms with Crippen molar-refractivity contribution in [1.29, 1.82) is 0 Å². The van der Waals surface area contributed by atoms with Crippen LogP contribution >= 0.6 is 0 Å². The lowest BCUT2D eigenvalue weighted by Crippen LogP contribution is -2.31. The van der Waals surface area contributed by atoms with Gasteiger partial charge in [0.15, 0.2) is 5.96 Å². The van der Waals surface area contributed by atoms with Crippen LogP contribution < -0.4 is 11.1 Å². The quantitative estimate of drug-likeness (QED) is 0.407. The van der Waals surface area contributed by atoms with Crippen LogP contribution in [0.5, 0.6) is 0 Å². The second-order valence-corrected chi connectivity index (χ2v) is 3.13. The molecule has 1 aromatic heterocycles. The maximum Gasteiger partial charge on any atom is 0.188 e. The number of aryl methyl sites for hydroxylation is 1. The van der Waals surface area contributed by atoms with Gasteiger partial charge >= 0.3 is 0 Å². The van der Waals surface area contributed by atoms with Gasteiger partial charge in [-0.3, -0.25) is 9.67 Å². The molecule has 1 heterocycles. The highest BCUT2D eigenvalue weighted by Crippen LogP contribution is 1.96. The summed E-state index contributed by atoms with van der Waals surface area (Å²) in [5.41, 5.74) is 6.75. The third kappa shape index (κ3) is 3.84. The molecule has 0 radical (unpaired) electrons. The molecule has 0 saturated heterocycles. The zero-order valence-electron chi connectivity index (χ0n) is 8.98. The van der Waals surface area contributed by atoms with E-state index in [-0.39, 0.29) is 0 Å².